The predicted octanol–water partition coefficient (Wildman–Crippen LogP) is 2.83. The topological polar surface area (TPSA) is 37.8 Å². The highest BCUT2D eigenvalue weighted by molar-refractivity contribution is 6.30. The summed E-state index contributed by atoms with van der Waals surface area (Å²) in [5.41, 5.74) is 1.82. The smallest absolute Gasteiger partial charge is 0.306 e. The van der Waals surface area contributed by atoms with E-state index in [-0.39, 0.29) is 5.69 Å². The van der Waals surface area contributed by atoms with E-state index in [1.807, 2.05) is 30.5 Å². The molecule has 1 aromatic carbocycles. The number of hydrogen-bond acceptors (Lipinski definition) is 1. The highest BCUT2D eigenvalue weighted by Crippen LogP contribution is 2.34. The van der Waals surface area contributed by atoms with Crippen molar-refractivity contribution >= 4 is 11.6 Å². The first-order valence-electron chi connectivity index (χ1n) is 5.31. The van der Waals surface area contributed by atoms with Gasteiger partial charge in [-0.2, -0.15) is 0 Å². The summed E-state index contributed by atoms with van der Waals surface area (Å²) < 4.78 is 1.78. The fourth-order valence-electron chi connectivity index (χ4n) is 1.81. The molecule has 1 aliphatic carbocycles. The largest absolute Gasteiger partial charge is 0.326 e. The van der Waals surface area contributed by atoms with Gasteiger partial charge in [0.05, 0.1) is 5.69 Å². The van der Waals surface area contributed by atoms with E-state index in [1.165, 1.54) is 0 Å². The second kappa shape index (κ2) is 3.52. The fourth-order valence-corrected chi connectivity index (χ4v) is 1.94. The lowest BCUT2D eigenvalue weighted by atomic mass is 10.2. The lowest BCUT2D eigenvalue weighted by Gasteiger charge is -1.97. The SMILES string of the molecule is O=c1[nH]c(-c2ccc(Cl)cc2)cn1C1CC1. The molecular weight excluding hydrogens is 224 g/mol. The van der Waals surface area contributed by atoms with Gasteiger partial charge >= 0.3 is 5.69 Å². The van der Waals surface area contributed by atoms with Gasteiger partial charge in [0.2, 0.25) is 0 Å². The first-order valence-corrected chi connectivity index (χ1v) is 5.69. The fraction of sp³-hybridized carbons (Fsp3) is 0.250. The summed E-state index contributed by atoms with van der Waals surface area (Å²) in [6.45, 7) is 0. The molecule has 1 saturated carbocycles. The van der Waals surface area contributed by atoms with Crippen LogP contribution < -0.4 is 5.69 Å². The molecule has 1 aromatic heterocycles. The minimum atomic E-state index is -0.0209. The van der Waals surface area contributed by atoms with E-state index in [1.54, 1.807) is 4.57 Å². The minimum absolute atomic E-state index is 0.0209. The molecule has 3 nitrogen and oxygen atoms in total. The minimum Gasteiger partial charge on any atom is -0.306 e. The van der Waals surface area contributed by atoms with Crippen molar-refractivity contribution in [1.82, 2.24) is 9.55 Å². The molecule has 1 fully saturated rings. The molecular formula is C12H11ClN2O. The second-order valence-corrected chi connectivity index (χ2v) is 4.55. The number of benzene rings is 1. The van der Waals surface area contributed by atoms with Gasteiger partial charge in [0.1, 0.15) is 0 Å². The number of nitrogens with one attached hydrogen (secondary N) is 1. The standard InChI is InChI=1S/C12H11ClN2O/c13-9-3-1-8(2-4-9)11-7-15(10-5-6-10)12(16)14-11/h1-4,7,10H,5-6H2,(H,14,16). The number of aromatic amines is 1. The average molecular weight is 235 g/mol. The van der Waals surface area contributed by atoms with Gasteiger partial charge < -0.3 is 4.98 Å². The lowest BCUT2D eigenvalue weighted by molar-refractivity contribution is 0.710. The van der Waals surface area contributed by atoms with Gasteiger partial charge in [0.25, 0.3) is 0 Å². The zero-order valence-electron chi connectivity index (χ0n) is 8.61. The molecule has 0 bridgehead atoms. The molecule has 1 heterocycles. The maximum Gasteiger partial charge on any atom is 0.326 e. The summed E-state index contributed by atoms with van der Waals surface area (Å²) in [5.74, 6) is 0. The van der Waals surface area contributed by atoms with Crippen LogP contribution in [-0.2, 0) is 0 Å². The average Bonchev–Trinajstić information content (AvgIpc) is 3.04. The first kappa shape index (κ1) is 9.73. The first-order chi connectivity index (χ1) is 7.74. The molecule has 3 rings (SSSR count). The Kier molecular flexibility index (Phi) is 2.14. The zero-order chi connectivity index (χ0) is 11.1. The highest BCUT2D eigenvalue weighted by atomic mass is 35.5. The maximum atomic E-state index is 11.6. The van der Waals surface area contributed by atoms with Gasteiger partial charge in [0, 0.05) is 17.3 Å². The molecule has 0 radical (unpaired) electrons. The van der Waals surface area contributed by atoms with Crippen LogP contribution in [0.3, 0.4) is 0 Å². The number of H-pyrrole nitrogens is 1. The van der Waals surface area contributed by atoms with E-state index in [4.69, 9.17) is 11.6 Å². The Hall–Kier alpha value is -1.48. The van der Waals surface area contributed by atoms with Crippen LogP contribution in [-0.4, -0.2) is 9.55 Å². The molecule has 0 atom stereocenters. The van der Waals surface area contributed by atoms with E-state index in [0.29, 0.717) is 11.1 Å². The van der Waals surface area contributed by atoms with Crippen molar-refractivity contribution in [3.8, 4) is 11.3 Å². The Morgan fingerprint density at radius 3 is 2.56 bits per heavy atom. The van der Waals surface area contributed by atoms with Crippen molar-refractivity contribution in [3.63, 3.8) is 0 Å². The van der Waals surface area contributed by atoms with Crippen LogP contribution in [0.1, 0.15) is 18.9 Å². The molecule has 0 aliphatic heterocycles. The third-order valence-electron chi connectivity index (χ3n) is 2.84. The third kappa shape index (κ3) is 1.67. The van der Waals surface area contributed by atoms with Crippen LogP contribution >= 0.6 is 11.6 Å². The molecule has 2 aromatic rings. The van der Waals surface area contributed by atoms with Crippen LogP contribution in [0.15, 0.2) is 35.3 Å². The Bertz CT molecular complexity index is 563. The Morgan fingerprint density at radius 2 is 1.94 bits per heavy atom. The molecule has 0 saturated heterocycles. The summed E-state index contributed by atoms with van der Waals surface area (Å²) in [6, 6.07) is 7.87. The summed E-state index contributed by atoms with van der Waals surface area (Å²) in [7, 11) is 0. The van der Waals surface area contributed by atoms with Gasteiger partial charge in [-0.3, -0.25) is 4.57 Å². The quantitative estimate of drug-likeness (QED) is 0.853. The van der Waals surface area contributed by atoms with Crippen LogP contribution in [0.25, 0.3) is 11.3 Å². The molecule has 1 N–H and O–H groups in total. The summed E-state index contributed by atoms with van der Waals surface area (Å²) in [5, 5.41) is 0.702. The predicted molar refractivity (Wildman–Crippen MR) is 63.8 cm³/mol. The van der Waals surface area contributed by atoms with Crippen molar-refractivity contribution in [2.24, 2.45) is 0 Å². The number of nitrogens with zero attached hydrogens (tertiary/aromatic N) is 1. The molecule has 82 valence electrons. The van der Waals surface area contributed by atoms with Gasteiger partial charge in [-0.25, -0.2) is 4.79 Å². The van der Waals surface area contributed by atoms with Crippen molar-refractivity contribution < 1.29 is 0 Å². The van der Waals surface area contributed by atoms with Crippen LogP contribution in [0.2, 0.25) is 5.02 Å². The van der Waals surface area contributed by atoms with Crippen LogP contribution in [0.5, 0.6) is 0 Å². The maximum absolute atomic E-state index is 11.6. The number of rotatable bonds is 2. The van der Waals surface area contributed by atoms with Crippen molar-refractivity contribution in [1.29, 1.82) is 0 Å². The molecule has 16 heavy (non-hydrogen) atoms. The molecule has 4 heteroatoms. The van der Waals surface area contributed by atoms with Crippen LogP contribution in [0.4, 0.5) is 0 Å². The normalized spacial score (nSPS) is 15.3. The van der Waals surface area contributed by atoms with Gasteiger partial charge in [-0.1, -0.05) is 23.7 Å². The van der Waals surface area contributed by atoms with E-state index < -0.39 is 0 Å². The van der Waals surface area contributed by atoms with Gasteiger partial charge in [-0.05, 0) is 30.5 Å². The summed E-state index contributed by atoms with van der Waals surface area (Å²) in [4.78, 5) is 14.5. The number of aromatic nitrogens is 2. The van der Waals surface area contributed by atoms with Crippen molar-refractivity contribution in [2.45, 2.75) is 18.9 Å². The summed E-state index contributed by atoms with van der Waals surface area (Å²) in [6.07, 6.45) is 4.11. The Labute approximate surface area is 97.7 Å². The third-order valence-corrected chi connectivity index (χ3v) is 3.09. The highest BCUT2D eigenvalue weighted by Gasteiger charge is 2.25. The van der Waals surface area contributed by atoms with E-state index in [2.05, 4.69) is 4.98 Å². The van der Waals surface area contributed by atoms with E-state index in [0.717, 1.165) is 24.1 Å². The Morgan fingerprint density at radius 1 is 1.25 bits per heavy atom. The van der Waals surface area contributed by atoms with Gasteiger partial charge in [0.15, 0.2) is 0 Å². The van der Waals surface area contributed by atoms with Crippen molar-refractivity contribution in [3.05, 3.63) is 46.0 Å². The van der Waals surface area contributed by atoms with E-state index >= 15 is 0 Å². The molecule has 0 amide bonds. The molecule has 1 aliphatic rings. The van der Waals surface area contributed by atoms with Crippen molar-refractivity contribution in [2.75, 3.05) is 0 Å². The zero-order valence-corrected chi connectivity index (χ0v) is 9.37. The Balaban J connectivity index is 2.03. The number of halogens is 1. The van der Waals surface area contributed by atoms with E-state index in [9.17, 15) is 4.79 Å². The molecule has 0 unspecified atom stereocenters. The van der Waals surface area contributed by atoms with Gasteiger partial charge in [-0.15, -0.1) is 0 Å². The lowest BCUT2D eigenvalue weighted by Crippen LogP contribution is -2.14. The second-order valence-electron chi connectivity index (χ2n) is 4.12. The monoisotopic (exact) mass is 234 g/mol. The summed E-state index contributed by atoms with van der Waals surface area (Å²) >= 11 is 5.82. The van der Waals surface area contributed by atoms with Crippen LogP contribution in [0, 0.1) is 0 Å². The number of hydrogen-bond donors (Lipinski definition) is 1. The molecule has 0 spiro atoms. The number of imidazole rings is 1.